The van der Waals surface area contributed by atoms with Gasteiger partial charge in [0.15, 0.2) is 5.69 Å². The number of para-hydroxylation sites is 1. The first-order valence-corrected chi connectivity index (χ1v) is 9.54. The maximum atomic E-state index is 13.3. The van der Waals surface area contributed by atoms with Gasteiger partial charge in [0, 0.05) is 19.6 Å². The van der Waals surface area contributed by atoms with E-state index in [4.69, 9.17) is 4.74 Å². The summed E-state index contributed by atoms with van der Waals surface area (Å²) in [6.07, 6.45) is 1.45. The molecule has 0 saturated carbocycles. The second-order valence-electron chi connectivity index (χ2n) is 6.78. The Kier molecular flexibility index (Phi) is 5.92. The number of hydrogen-bond donors (Lipinski definition) is 1. The van der Waals surface area contributed by atoms with Crippen LogP contribution < -0.4 is 5.32 Å². The predicted molar refractivity (Wildman–Crippen MR) is 105 cm³/mol. The monoisotopic (exact) mass is 395 g/mol. The fourth-order valence-electron chi connectivity index (χ4n) is 3.36. The van der Waals surface area contributed by atoms with Crippen LogP contribution in [0.4, 0.5) is 4.39 Å². The molecule has 1 amide bonds. The molecule has 7 nitrogen and oxygen atoms in total. The van der Waals surface area contributed by atoms with Crippen molar-refractivity contribution >= 4 is 5.91 Å². The van der Waals surface area contributed by atoms with E-state index in [1.54, 1.807) is 12.1 Å². The van der Waals surface area contributed by atoms with E-state index in [-0.39, 0.29) is 23.5 Å². The summed E-state index contributed by atoms with van der Waals surface area (Å²) in [5, 5.41) is 11.4. The third-order valence-corrected chi connectivity index (χ3v) is 4.91. The lowest BCUT2D eigenvalue weighted by atomic mass is 10.0. The SMILES string of the molecule is O=C(NC[C@@H](c1ccc(F)cc1)N1CCOCC1)c1cnn(-c2ccccc2)n1. The Morgan fingerprint density at radius 2 is 1.83 bits per heavy atom. The summed E-state index contributed by atoms with van der Waals surface area (Å²) in [7, 11) is 0. The van der Waals surface area contributed by atoms with Gasteiger partial charge in [0.25, 0.3) is 5.91 Å². The predicted octanol–water partition coefficient (Wildman–Crippen LogP) is 2.21. The minimum Gasteiger partial charge on any atom is -0.379 e. The summed E-state index contributed by atoms with van der Waals surface area (Å²) in [4.78, 5) is 16.3. The van der Waals surface area contributed by atoms with Crippen molar-refractivity contribution in [3.05, 3.63) is 77.9 Å². The number of ether oxygens (including phenoxy) is 1. The maximum Gasteiger partial charge on any atom is 0.273 e. The van der Waals surface area contributed by atoms with Crippen LogP contribution in [0.15, 0.2) is 60.8 Å². The molecule has 1 atom stereocenters. The Morgan fingerprint density at radius 1 is 1.10 bits per heavy atom. The molecule has 1 aliphatic heterocycles. The lowest BCUT2D eigenvalue weighted by molar-refractivity contribution is 0.0162. The van der Waals surface area contributed by atoms with Crippen LogP contribution in [-0.4, -0.2) is 58.6 Å². The van der Waals surface area contributed by atoms with Gasteiger partial charge in [0.1, 0.15) is 5.82 Å². The molecule has 3 aromatic rings. The number of rotatable bonds is 6. The molecule has 0 bridgehead atoms. The lowest BCUT2D eigenvalue weighted by Gasteiger charge is -2.34. The number of hydrogen-bond acceptors (Lipinski definition) is 5. The van der Waals surface area contributed by atoms with Crippen LogP contribution in [-0.2, 0) is 4.74 Å². The van der Waals surface area contributed by atoms with Crippen LogP contribution in [0.1, 0.15) is 22.1 Å². The number of morpholine rings is 1. The number of benzene rings is 2. The summed E-state index contributed by atoms with van der Waals surface area (Å²) < 4.78 is 18.8. The Morgan fingerprint density at radius 3 is 2.55 bits per heavy atom. The zero-order valence-corrected chi connectivity index (χ0v) is 15.9. The van der Waals surface area contributed by atoms with E-state index in [0.717, 1.165) is 24.3 Å². The third kappa shape index (κ3) is 4.67. The Hall–Kier alpha value is -3.10. The van der Waals surface area contributed by atoms with Gasteiger partial charge < -0.3 is 10.1 Å². The smallest absolute Gasteiger partial charge is 0.273 e. The highest BCUT2D eigenvalue weighted by Crippen LogP contribution is 2.21. The summed E-state index contributed by atoms with van der Waals surface area (Å²) in [5.74, 6) is -0.580. The van der Waals surface area contributed by atoms with Crippen LogP contribution in [0, 0.1) is 5.82 Å². The summed E-state index contributed by atoms with van der Waals surface area (Å²) in [5.41, 5.74) is 1.97. The van der Waals surface area contributed by atoms with E-state index in [2.05, 4.69) is 20.4 Å². The number of amides is 1. The van der Waals surface area contributed by atoms with Gasteiger partial charge in [-0.15, -0.1) is 5.10 Å². The lowest BCUT2D eigenvalue weighted by Crippen LogP contribution is -2.43. The van der Waals surface area contributed by atoms with Gasteiger partial charge >= 0.3 is 0 Å². The average molecular weight is 395 g/mol. The van der Waals surface area contributed by atoms with Gasteiger partial charge in [-0.05, 0) is 29.8 Å². The second kappa shape index (κ2) is 8.93. The molecule has 1 N–H and O–H groups in total. The molecule has 29 heavy (non-hydrogen) atoms. The molecule has 0 unspecified atom stereocenters. The number of carbonyl (C=O) groups excluding carboxylic acids is 1. The number of halogens is 1. The molecule has 0 spiro atoms. The Labute approximate surface area is 168 Å². The number of aromatic nitrogens is 3. The van der Waals surface area contributed by atoms with Crippen molar-refractivity contribution in [2.45, 2.75) is 6.04 Å². The Balaban J connectivity index is 1.46. The van der Waals surface area contributed by atoms with E-state index in [1.807, 2.05) is 30.3 Å². The maximum absolute atomic E-state index is 13.3. The van der Waals surface area contributed by atoms with Crippen LogP contribution >= 0.6 is 0 Å². The van der Waals surface area contributed by atoms with Gasteiger partial charge in [-0.25, -0.2) is 4.39 Å². The molecule has 1 saturated heterocycles. The highest BCUT2D eigenvalue weighted by atomic mass is 19.1. The first-order chi connectivity index (χ1) is 14.2. The molecule has 1 aromatic heterocycles. The van der Waals surface area contributed by atoms with Crippen molar-refractivity contribution < 1.29 is 13.9 Å². The molecule has 8 heteroatoms. The van der Waals surface area contributed by atoms with Crippen molar-refractivity contribution in [1.82, 2.24) is 25.2 Å². The van der Waals surface area contributed by atoms with Crippen molar-refractivity contribution in [1.29, 1.82) is 0 Å². The number of nitrogens with zero attached hydrogens (tertiary/aromatic N) is 4. The molecule has 1 fully saturated rings. The highest BCUT2D eigenvalue weighted by Gasteiger charge is 2.24. The molecule has 1 aliphatic rings. The Bertz CT molecular complexity index is 939. The molecular formula is C21H22FN5O2. The van der Waals surface area contributed by atoms with Crippen molar-refractivity contribution in [3.8, 4) is 5.69 Å². The minimum atomic E-state index is -0.299. The van der Waals surface area contributed by atoms with Gasteiger partial charge in [-0.2, -0.15) is 9.90 Å². The van der Waals surface area contributed by atoms with Gasteiger partial charge in [0.2, 0.25) is 0 Å². The van der Waals surface area contributed by atoms with Gasteiger partial charge in [0.05, 0.1) is 31.1 Å². The van der Waals surface area contributed by atoms with Crippen LogP contribution in [0.5, 0.6) is 0 Å². The number of nitrogens with one attached hydrogen (secondary N) is 1. The molecule has 2 aromatic carbocycles. The van der Waals surface area contributed by atoms with Crippen LogP contribution in [0.3, 0.4) is 0 Å². The van der Waals surface area contributed by atoms with Crippen LogP contribution in [0.25, 0.3) is 5.69 Å². The molecule has 150 valence electrons. The van der Waals surface area contributed by atoms with Crippen molar-refractivity contribution in [2.75, 3.05) is 32.8 Å². The van der Waals surface area contributed by atoms with Crippen molar-refractivity contribution in [3.63, 3.8) is 0 Å². The standard InChI is InChI=1S/C21H22FN5O2/c22-17-8-6-16(7-9-17)20(26-10-12-29-13-11-26)15-23-21(28)19-14-24-27(25-19)18-4-2-1-3-5-18/h1-9,14,20H,10-13,15H2,(H,23,28)/t20-/m0/s1. The normalized spacial score (nSPS) is 15.8. The first kappa shape index (κ1) is 19.2. The second-order valence-corrected chi connectivity index (χ2v) is 6.78. The molecule has 0 radical (unpaired) electrons. The molecule has 2 heterocycles. The van der Waals surface area contributed by atoms with Gasteiger partial charge in [-0.3, -0.25) is 9.69 Å². The summed E-state index contributed by atoms with van der Waals surface area (Å²) >= 11 is 0. The van der Waals surface area contributed by atoms with E-state index in [1.165, 1.54) is 23.1 Å². The van der Waals surface area contributed by atoms with E-state index >= 15 is 0 Å². The van der Waals surface area contributed by atoms with Gasteiger partial charge in [-0.1, -0.05) is 30.3 Å². The zero-order valence-electron chi connectivity index (χ0n) is 15.9. The third-order valence-electron chi connectivity index (χ3n) is 4.91. The molecule has 0 aliphatic carbocycles. The number of carbonyl (C=O) groups is 1. The fraction of sp³-hybridized carbons (Fsp3) is 0.286. The average Bonchev–Trinajstić information content (AvgIpc) is 3.27. The quantitative estimate of drug-likeness (QED) is 0.693. The zero-order chi connectivity index (χ0) is 20.1. The minimum absolute atomic E-state index is 0.0763. The summed E-state index contributed by atoms with van der Waals surface area (Å²) in [6.45, 7) is 3.15. The molecule has 4 rings (SSSR count). The van der Waals surface area contributed by atoms with E-state index in [0.29, 0.717) is 19.8 Å². The summed E-state index contributed by atoms with van der Waals surface area (Å²) in [6, 6.07) is 15.7. The topological polar surface area (TPSA) is 72.3 Å². The van der Waals surface area contributed by atoms with E-state index in [9.17, 15) is 9.18 Å². The molecular weight excluding hydrogens is 373 g/mol. The largest absolute Gasteiger partial charge is 0.379 e. The van der Waals surface area contributed by atoms with Crippen molar-refractivity contribution in [2.24, 2.45) is 0 Å². The highest BCUT2D eigenvalue weighted by molar-refractivity contribution is 5.91. The first-order valence-electron chi connectivity index (χ1n) is 9.54. The van der Waals surface area contributed by atoms with E-state index < -0.39 is 0 Å². The fourth-order valence-corrected chi connectivity index (χ4v) is 3.36. The van der Waals surface area contributed by atoms with Crippen LogP contribution in [0.2, 0.25) is 0 Å².